The van der Waals surface area contributed by atoms with E-state index in [9.17, 15) is 27.2 Å². The average Bonchev–Trinajstić information content (AvgIpc) is 3.24. The van der Waals surface area contributed by atoms with Gasteiger partial charge in [0.2, 0.25) is 5.71 Å². The molecule has 6 nitrogen and oxygen atoms in total. The number of aldehydes is 1. The molecule has 0 saturated carbocycles. The van der Waals surface area contributed by atoms with Gasteiger partial charge in [-0.3, -0.25) is 9.59 Å². The van der Waals surface area contributed by atoms with Crippen LogP contribution < -0.4 is 10.1 Å². The summed E-state index contributed by atoms with van der Waals surface area (Å²) >= 11 is 0. The van der Waals surface area contributed by atoms with Gasteiger partial charge in [0.15, 0.2) is 6.29 Å². The second-order valence-electron chi connectivity index (χ2n) is 7.92. The van der Waals surface area contributed by atoms with Gasteiger partial charge in [-0.15, -0.1) is 0 Å². The SMILES string of the molecule is CNC(=O)c1c(-c2ccc(F)cc2)oc2nc(CCC(F)(F)F)c(-c3ccc(OC)c(C=O)c3)cc12. The molecule has 1 amide bonds. The molecule has 10 heteroatoms. The Balaban J connectivity index is 1.99. The highest BCUT2D eigenvalue weighted by Crippen LogP contribution is 2.38. The molecule has 0 saturated heterocycles. The van der Waals surface area contributed by atoms with Gasteiger partial charge in [-0.2, -0.15) is 13.2 Å². The second-order valence-corrected chi connectivity index (χ2v) is 7.92. The van der Waals surface area contributed by atoms with E-state index in [-0.39, 0.29) is 33.7 Å². The van der Waals surface area contributed by atoms with Gasteiger partial charge in [-0.1, -0.05) is 6.07 Å². The molecule has 0 fully saturated rings. The highest BCUT2D eigenvalue weighted by molar-refractivity contribution is 6.11. The molecule has 1 N–H and O–H groups in total. The number of alkyl halides is 3. The lowest BCUT2D eigenvalue weighted by molar-refractivity contribution is -0.134. The predicted octanol–water partition coefficient (Wildman–Crippen LogP) is 5.98. The number of carbonyl (C=O) groups is 2. The predicted molar refractivity (Wildman–Crippen MR) is 125 cm³/mol. The van der Waals surface area contributed by atoms with Crippen molar-refractivity contribution in [3.8, 4) is 28.2 Å². The Morgan fingerprint density at radius 1 is 1.11 bits per heavy atom. The van der Waals surface area contributed by atoms with E-state index >= 15 is 0 Å². The molecule has 0 aliphatic heterocycles. The fourth-order valence-electron chi connectivity index (χ4n) is 3.91. The number of aryl methyl sites for hydroxylation is 1. The van der Waals surface area contributed by atoms with Crippen LogP contribution in [0.1, 0.15) is 32.8 Å². The fraction of sp³-hybridized carbons (Fsp3) is 0.192. The van der Waals surface area contributed by atoms with E-state index < -0.39 is 30.7 Å². The number of amides is 1. The van der Waals surface area contributed by atoms with E-state index in [4.69, 9.17) is 9.15 Å². The molecule has 0 aliphatic carbocycles. The molecule has 0 bridgehead atoms. The fourth-order valence-corrected chi connectivity index (χ4v) is 3.91. The van der Waals surface area contributed by atoms with Crippen molar-refractivity contribution in [1.29, 1.82) is 0 Å². The molecule has 0 radical (unpaired) electrons. The number of fused-ring (bicyclic) bond motifs is 1. The number of methoxy groups -OCH3 is 1. The Kier molecular flexibility index (Phi) is 6.78. The highest BCUT2D eigenvalue weighted by Gasteiger charge is 2.29. The maximum atomic E-state index is 13.5. The number of ether oxygens (including phenoxy) is 1. The number of halogens is 4. The summed E-state index contributed by atoms with van der Waals surface area (Å²) < 4.78 is 63.7. The zero-order chi connectivity index (χ0) is 26.0. The Morgan fingerprint density at radius 2 is 1.81 bits per heavy atom. The van der Waals surface area contributed by atoms with Gasteiger partial charge in [0.1, 0.15) is 17.3 Å². The first-order chi connectivity index (χ1) is 17.1. The summed E-state index contributed by atoms with van der Waals surface area (Å²) in [6, 6.07) is 11.3. The molecule has 2 aromatic heterocycles. The normalized spacial score (nSPS) is 11.5. The van der Waals surface area contributed by atoms with Crippen molar-refractivity contribution in [1.82, 2.24) is 10.3 Å². The van der Waals surface area contributed by atoms with Crippen LogP contribution in [0.2, 0.25) is 0 Å². The van der Waals surface area contributed by atoms with Gasteiger partial charge >= 0.3 is 6.18 Å². The third kappa shape index (κ3) is 4.93. The molecule has 0 atom stereocenters. The van der Waals surface area contributed by atoms with Gasteiger partial charge in [0.25, 0.3) is 5.91 Å². The molecule has 2 heterocycles. The van der Waals surface area contributed by atoms with Crippen molar-refractivity contribution in [2.24, 2.45) is 0 Å². The summed E-state index contributed by atoms with van der Waals surface area (Å²) in [5, 5.41) is 2.77. The van der Waals surface area contributed by atoms with Crippen molar-refractivity contribution >= 4 is 23.3 Å². The van der Waals surface area contributed by atoms with Crippen LogP contribution in [0, 0.1) is 5.82 Å². The van der Waals surface area contributed by atoms with Gasteiger partial charge in [0, 0.05) is 24.6 Å². The lowest BCUT2D eigenvalue weighted by atomic mass is 9.96. The number of hydrogen-bond acceptors (Lipinski definition) is 5. The van der Waals surface area contributed by atoms with E-state index in [0.717, 1.165) is 0 Å². The molecule has 0 aliphatic rings. The first-order valence-electron chi connectivity index (χ1n) is 10.8. The van der Waals surface area contributed by atoms with Gasteiger partial charge in [0.05, 0.1) is 29.3 Å². The van der Waals surface area contributed by atoms with Gasteiger partial charge < -0.3 is 14.5 Å². The topological polar surface area (TPSA) is 81.4 Å². The van der Waals surface area contributed by atoms with Crippen LogP contribution in [-0.4, -0.2) is 37.5 Å². The smallest absolute Gasteiger partial charge is 0.389 e. The van der Waals surface area contributed by atoms with Crippen LogP contribution in [-0.2, 0) is 6.42 Å². The summed E-state index contributed by atoms with van der Waals surface area (Å²) in [7, 11) is 2.81. The first-order valence-corrected chi connectivity index (χ1v) is 10.8. The van der Waals surface area contributed by atoms with Crippen molar-refractivity contribution in [3.05, 3.63) is 71.2 Å². The molecular weight excluding hydrogens is 480 g/mol. The number of pyridine rings is 1. The third-order valence-corrected chi connectivity index (χ3v) is 5.64. The number of rotatable bonds is 7. The standard InChI is InChI=1S/C26H20F4N2O4/c1-31-24(34)22-19-12-18(15-5-8-21(35-2)16(11-15)13-33)20(9-10-26(28,29)30)32-25(19)36-23(22)14-3-6-17(27)7-4-14/h3-8,11-13H,9-10H2,1-2H3,(H,31,34). The molecule has 36 heavy (non-hydrogen) atoms. The van der Waals surface area contributed by atoms with Crippen LogP contribution >= 0.6 is 0 Å². The van der Waals surface area contributed by atoms with Crippen LogP contribution in [0.5, 0.6) is 5.75 Å². The van der Waals surface area contributed by atoms with Crippen molar-refractivity contribution < 1.29 is 36.3 Å². The maximum absolute atomic E-state index is 13.5. The van der Waals surface area contributed by atoms with Crippen LogP contribution in [0.3, 0.4) is 0 Å². The third-order valence-electron chi connectivity index (χ3n) is 5.64. The summed E-state index contributed by atoms with van der Waals surface area (Å²) in [6.07, 6.45) is -5.45. The summed E-state index contributed by atoms with van der Waals surface area (Å²) in [6.45, 7) is 0. The maximum Gasteiger partial charge on any atom is 0.389 e. The minimum atomic E-state index is -4.43. The van der Waals surface area contributed by atoms with Crippen LogP contribution in [0.4, 0.5) is 17.6 Å². The lowest BCUT2D eigenvalue weighted by Crippen LogP contribution is -2.18. The molecule has 0 spiro atoms. The molecular formula is C26H20F4N2O4. The van der Waals surface area contributed by atoms with Gasteiger partial charge in [-0.25, -0.2) is 9.37 Å². The number of hydrogen-bond donors (Lipinski definition) is 1. The zero-order valence-electron chi connectivity index (χ0n) is 19.2. The lowest BCUT2D eigenvalue weighted by Gasteiger charge is -2.13. The van der Waals surface area contributed by atoms with E-state index in [1.165, 1.54) is 56.6 Å². The minimum absolute atomic E-state index is 0.0435. The Bertz CT molecular complexity index is 1440. The summed E-state index contributed by atoms with van der Waals surface area (Å²) in [4.78, 5) is 28.7. The first kappa shape index (κ1) is 24.9. The van der Waals surface area contributed by atoms with E-state index in [1.807, 2.05) is 0 Å². The van der Waals surface area contributed by atoms with Gasteiger partial charge in [-0.05, 0) is 54.4 Å². The highest BCUT2D eigenvalue weighted by atomic mass is 19.4. The van der Waals surface area contributed by atoms with Crippen molar-refractivity contribution in [3.63, 3.8) is 0 Å². The number of furan rings is 1. The molecule has 4 rings (SSSR count). The Hall–Kier alpha value is -4.21. The zero-order valence-corrected chi connectivity index (χ0v) is 19.2. The molecule has 4 aromatic rings. The Morgan fingerprint density at radius 3 is 2.42 bits per heavy atom. The van der Waals surface area contributed by atoms with E-state index in [0.29, 0.717) is 28.7 Å². The number of nitrogens with one attached hydrogen (secondary N) is 1. The quantitative estimate of drug-likeness (QED) is 0.250. The molecule has 0 unspecified atom stereocenters. The second kappa shape index (κ2) is 9.80. The number of carbonyl (C=O) groups excluding carboxylic acids is 2. The number of aromatic nitrogens is 1. The number of benzene rings is 2. The van der Waals surface area contributed by atoms with Crippen molar-refractivity contribution in [2.75, 3.05) is 14.2 Å². The molecule has 2 aromatic carbocycles. The van der Waals surface area contributed by atoms with Crippen LogP contribution in [0.25, 0.3) is 33.6 Å². The van der Waals surface area contributed by atoms with Crippen molar-refractivity contribution in [2.45, 2.75) is 19.0 Å². The Labute approximate surface area is 202 Å². The summed E-state index contributed by atoms with van der Waals surface area (Å²) in [5.41, 5.74) is 1.43. The minimum Gasteiger partial charge on any atom is -0.496 e. The monoisotopic (exact) mass is 500 g/mol. The summed E-state index contributed by atoms with van der Waals surface area (Å²) in [5.74, 6) is -0.615. The van der Waals surface area contributed by atoms with Crippen LogP contribution in [0.15, 0.2) is 52.9 Å². The molecule has 186 valence electrons. The van der Waals surface area contributed by atoms with E-state index in [1.54, 1.807) is 6.07 Å². The number of nitrogens with zero attached hydrogens (tertiary/aromatic N) is 1. The van der Waals surface area contributed by atoms with E-state index in [2.05, 4.69) is 10.3 Å². The largest absolute Gasteiger partial charge is 0.496 e. The average molecular weight is 500 g/mol.